The zero-order chi connectivity index (χ0) is 26.3. The maximum absolute atomic E-state index is 13.0. The third kappa shape index (κ3) is 5.34. The summed E-state index contributed by atoms with van der Waals surface area (Å²) in [6.07, 6.45) is 0. The second-order valence-electron chi connectivity index (χ2n) is 9.27. The first kappa shape index (κ1) is 27.9. The van der Waals surface area contributed by atoms with E-state index in [9.17, 15) is 4.79 Å². The third-order valence-electron chi connectivity index (χ3n) is 6.59. The molecule has 0 fully saturated rings. The van der Waals surface area contributed by atoms with Gasteiger partial charge in [0.05, 0.1) is 27.7 Å². The fourth-order valence-electron chi connectivity index (χ4n) is 5.18. The zero-order valence-electron chi connectivity index (χ0n) is 22.3. The lowest BCUT2D eigenvalue weighted by Gasteiger charge is -2.48. The molecular formula is C30H38NO4P. The van der Waals surface area contributed by atoms with E-state index >= 15 is 0 Å². The lowest BCUT2D eigenvalue weighted by atomic mass is 9.69. The average Bonchev–Trinajstić information content (AvgIpc) is 2.91. The molecule has 0 saturated carbocycles. The summed E-state index contributed by atoms with van der Waals surface area (Å²) >= 11 is 0. The van der Waals surface area contributed by atoms with Crippen molar-refractivity contribution in [2.45, 2.75) is 51.0 Å². The van der Waals surface area contributed by atoms with Gasteiger partial charge in [-0.15, -0.1) is 0 Å². The number of hydrogen-bond donors (Lipinski definition) is 0. The summed E-state index contributed by atoms with van der Waals surface area (Å²) in [5.41, 5.74) is 2.32. The summed E-state index contributed by atoms with van der Waals surface area (Å²) in [7, 11) is 3.66. The van der Waals surface area contributed by atoms with E-state index in [-0.39, 0.29) is 12.1 Å². The smallest absolute Gasteiger partial charge is 0.159 e. The maximum Gasteiger partial charge on any atom is 0.159 e. The molecule has 36 heavy (non-hydrogen) atoms. The van der Waals surface area contributed by atoms with Gasteiger partial charge in [0.2, 0.25) is 0 Å². The van der Waals surface area contributed by atoms with E-state index in [1.165, 1.54) is 0 Å². The second-order valence-corrected chi connectivity index (χ2v) is 11.2. The zero-order valence-corrected chi connectivity index (χ0v) is 23.2. The molecule has 0 spiro atoms. The highest BCUT2D eigenvalue weighted by Crippen LogP contribution is 2.58. The van der Waals surface area contributed by atoms with Crippen molar-refractivity contribution >= 4 is 14.1 Å². The number of carbonyl (C=O) groups is 1. The molecule has 3 aromatic rings. The Morgan fingerprint density at radius 2 is 1.11 bits per heavy atom. The summed E-state index contributed by atoms with van der Waals surface area (Å²) in [5, 5.41) is 0. The largest absolute Gasteiger partial charge is 0.497 e. The molecule has 3 rings (SSSR count). The van der Waals surface area contributed by atoms with Gasteiger partial charge in [-0.05, 0) is 68.7 Å². The van der Waals surface area contributed by atoms with Crippen LogP contribution in [0.3, 0.4) is 0 Å². The Morgan fingerprint density at radius 3 is 1.44 bits per heavy atom. The number of methoxy groups -OCH3 is 3. The first-order valence-corrected chi connectivity index (χ1v) is 13.7. The van der Waals surface area contributed by atoms with Gasteiger partial charge in [0.1, 0.15) is 17.3 Å². The lowest BCUT2D eigenvalue weighted by molar-refractivity contribution is 0.121. The molecular weight excluding hydrogens is 469 g/mol. The van der Waals surface area contributed by atoms with Gasteiger partial charge in [0, 0.05) is 19.2 Å². The number of hydrogen-bond acceptors (Lipinski definition) is 5. The van der Waals surface area contributed by atoms with E-state index in [0.29, 0.717) is 0 Å². The number of ether oxygens (including phenoxy) is 3. The molecule has 2 unspecified atom stereocenters. The fourth-order valence-corrected chi connectivity index (χ4v) is 7.77. The fraction of sp³-hybridized carbons (Fsp3) is 0.367. The van der Waals surface area contributed by atoms with Crippen LogP contribution in [0.25, 0.3) is 0 Å². The molecule has 0 aliphatic carbocycles. The van der Waals surface area contributed by atoms with E-state index < -0.39 is 19.3 Å². The van der Waals surface area contributed by atoms with E-state index in [2.05, 4.69) is 68.8 Å². The normalized spacial score (nSPS) is 13.6. The lowest BCUT2D eigenvalue weighted by Crippen LogP contribution is -2.47. The molecule has 0 heterocycles. The Bertz CT molecular complexity index is 1030. The standard InChI is InChI=1S/C30H38NO4P/c1-22(2)31(23(3)4)36(21-32)29(35-7)30(24-11-9-8-10-12-24,25-13-17-27(33-5)18-14-25)26-15-19-28(34-6)20-16-26/h8-23,29H,1-7H3. The highest BCUT2D eigenvalue weighted by Gasteiger charge is 2.50. The molecule has 5 nitrogen and oxygen atoms in total. The minimum Gasteiger partial charge on any atom is -0.497 e. The van der Waals surface area contributed by atoms with Crippen LogP contribution >= 0.6 is 8.07 Å². The molecule has 192 valence electrons. The molecule has 2 atom stereocenters. The van der Waals surface area contributed by atoms with Crippen LogP contribution in [0.4, 0.5) is 0 Å². The van der Waals surface area contributed by atoms with Crippen LogP contribution in [0.5, 0.6) is 11.5 Å². The van der Waals surface area contributed by atoms with Crippen molar-refractivity contribution in [3.63, 3.8) is 0 Å². The molecule has 0 amide bonds. The first-order chi connectivity index (χ1) is 17.3. The molecule has 0 aromatic heterocycles. The Morgan fingerprint density at radius 1 is 0.694 bits per heavy atom. The second kappa shape index (κ2) is 12.5. The molecule has 0 radical (unpaired) electrons. The Labute approximate surface area is 217 Å². The molecule has 0 saturated heterocycles. The van der Waals surface area contributed by atoms with Crippen LogP contribution in [0.2, 0.25) is 0 Å². The molecule has 6 heteroatoms. The van der Waals surface area contributed by atoms with Crippen LogP contribution in [0, 0.1) is 0 Å². The molecule has 0 aliphatic rings. The Balaban J connectivity index is 2.43. The van der Waals surface area contributed by atoms with Crippen LogP contribution in [-0.4, -0.2) is 50.0 Å². The monoisotopic (exact) mass is 507 g/mol. The highest BCUT2D eigenvalue weighted by molar-refractivity contribution is 7.70. The summed E-state index contributed by atoms with van der Waals surface area (Å²) < 4.78 is 19.7. The van der Waals surface area contributed by atoms with Crippen molar-refractivity contribution in [2.24, 2.45) is 0 Å². The predicted octanol–water partition coefficient (Wildman–Crippen LogP) is 6.72. The van der Waals surface area contributed by atoms with Crippen molar-refractivity contribution in [3.05, 3.63) is 95.6 Å². The number of carbonyl (C=O) groups excluding carboxylic acids is 1. The van der Waals surface area contributed by atoms with Crippen LogP contribution in [0.15, 0.2) is 78.9 Å². The summed E-state index contributed by atoms with van der Waals surface area (Å²) in [4.78, 5) is 13.0. The molecule has 0 N–H and O–H groups in total. The van der Waals surface area contributed by atoms with Gasteiger partial charge in [-0.2, -0.15) is 0 Å². The summed E-state index contributed by atoms with van der Waals surface area (Å²) in [6, 6.07) is 27.9. The van der Waals surface area contributed by atoms with E-state index in [1.54, 1.807) is 21.3 Å². The summed E-state index contributed by atoms with van der Waals surface area (Å²) in [5.74, 6) is 1.07. The van der Waals surface area contributed by atoms with E-state index in [4.69, 9.17) is 14.2 Å². The van der Waals surface area contributed by atoms with Gasteiger partial charge in [0.25, 0.3) is 0 Å². The van der Waals surface area contributed by atoms with Crippen molar-refractivity contribution in [2.75, 3.05) is 21.3 Å². The predicted molar refractivity (Wildman–Crippen MR) is 149 cm³/mol. The van der Waals surface area contributed by atoms with E-state index in [1.807, 2.05) is 42.5 Å². The molecule has 0 bridgehead atoms. The van der Waals surface area contributed by atoms with Crippen molar-refractivity contribution < 1.29 is 19.0 Å². The van der Waals surface area contributed by atoms with E-state index in [0.717, 1.165) is 34.2 Å². The van der Waals surface area contributed by atoms with Gasteiger partial charge >= 0.3 is 0 Å². The van der Waals surface area contributed by atoms with Gasteiger partial charge in [-0.25, -0.2) is 0 Å². The Hall–Kier alpha value is -2.72. The Kier molecular flexibility index (Phi) is 9.67. The minimum absolute atomic E-state index is 0.166. The third-order valence-corrected chi connectivity index (χ3v) is 9.34. The van der Waals surface area contributed by atoms with Crippen LogP contribution in [0.1, 0.15) is 44.4 Å². The van der Waals surface area contributed by atoms with Crippen LogP contribution < -0.4 is 9.47 Å². The quantitative estimate of drug-likeness (QED) is 0.155. The SMILES string of the molecule is COc1ccc(C(c2ccccc2)(c2ccc(OC)cc2)C(OC)P(C=O)N(C(C)C)C(C)C)cc1. The van der Waals surface area contributed by atoms with Gasteiger partial charge < -0.3 is 14.2 Å². The van der Waals surface area contributed by atoms with Crippen molar-refractivity contribution in [1.29, 1.82) is 0 Å². The van der Waals surface area contributed by atoms with Gasteiger partial charge in [-0.1, -0.05) is 54.6 Å². The number of benzene rings is 3. The molecule has 0 aliphatic heterocycles. The molecule has 3 aromatic carbocycles. The van der Waals surface area contributed by atoms with Gasteiger partial charge in [0.15, 0.2) is 6.03 Å². The van der Waals surface area contributed by atoms with Gasteiger partial charge in [-0.3, -0.25) is 9.46 Å². The maximum atomic E-state index is 13.0. The number of rotatable bonds is 12. The topological polar surface area (TPSA) is 48.0 Å². The number of nitrogens with zero attached hydrogens (tertiary/aromatic N) is 1. The first-order valence-electron chi connectivity index (χ1n) is 12.2. The average molecular weight is 508 g/mol. The van der Waals surface area contributed by atoms with Crippen molar-refractivity contribution in [1.82, 2.24) is 4.67 Å². The summed E-state index contributed by atoms with van der Waals surface area (Å²) in [6.45, 7) is 8.54. The minimum atomic E-state index is -1.38. The van der Waals surface area contributed by atoms with Crippen molar-refractivity contribution in [3.8, 4) is 11.5 Å². The van der Waals surface area contributed by atoms with Crippen LogP contribution in [-0.2, 0) is 14.9 Å². The highest BCUT2D eigenvalue weighted by atomic mass is 31.1.